The number of urea groups is 1. The van der Waals surface area contributed by atoms with Gasteiger partial charge in [-0.1, -0.05) is 0 Å². The van der Waals surface area contributed by atoms with E-state index in [1.54, 1.807) is 0 Å². The second-order valence-electron chi connectivity index (χ2n) is 6.39. The number of nitrogens with one attached hydrogen (secondary N) is 3. The summed E-state index contributed by atoms with van der Waals surface area (Å²) < 4.78 is 1.91. The fourth-order valence-corrected chi connectivity index (χ4v) is 2.93. The SMILES string of the molecule is CC(C)n1ncc2ccc(NC(=O)N[C@@H]3CCCCNC3=O)cc21. The fraction of sp³-hybridized carbons (Fsp3) is 0.471. The molecule has 7 heteroatoms. The Bertz CT molecular complexity index is 753. The summed E-state index contributed by atoms with van der Waals surface area (Å²) in [7, 11) is 0. The largest absolute Gasteiger partial charge is 0.354 e. The topological polar surface area (TPSA) is 88.1 Å². The first kappa shape index (κ1) is 16.3. The molecule has 3 amide bonds. The summed E-state index contributed by atoms with van der Waals surface area (Å²) in [5.41, 5.74) is 1.64. The van der Waals surface area contributed by atoms with E-state index in [0.29, 0.717) is 18.7 Å². The number of fused-ring (bicyclic) bond motifs is 1. The number of nitrogens with zero attached hydrogens (tertiary/aromatic N) is 2. The molecule has 2 heterocycles. The molecule has 1 saturated heterocycles. The Morgan fingerprint density at radius 3 is 3.00 bits per heavy atom. The summed E-state index contributed by atoms with van der Waals surface area (Å²) in [6.45, 7) is 4.79. The molecule has 0 aliphatic carbocycles. The van der Waals surface area contributed by atoms with E-state index in [4.69, 9.17) is 0 Å². The fourth-order valence-electron chi connectivity index (χ4n) is 2.93. The van der Waals surface area contributed by atoms with E-state index in [1.165, 1.54) is 0 Å². The molecule has 1 fully saturated rings. The number of rotatable bonds is 3. The smallest absolute Gasteiger partial charge is 0.319 e. The number of hydrogen-bond donors (Lipinski definition) is 3. The third kappa shape index (κ3) is 3.50. The van der Waals surface area contributed by atoms with Crippen molar-refractivity contribution in [3.63, 3.8) is 0 Å². The van der Waals surface area contributed by atoms with Crippen molar-refractivity contribution in [3.05, 3.63) is 24.4 Å². The van der Waals surface area contributed by atoms with Crippen LogP contribution >= 0.6 is 0 Å². The van der Waals surface area contributed by atoms with Crippen molar-refractivity contribution in [2.75, 3.05) is 11.9 Å². The molecule has 0 saturated carbocycles. The van der Waals surface area contributed by atoms with Gasteiger partial charge in [-0.05, 0) is 51.3 Å². The second-order valence-corrected chi connectivity index (χ2v) is 6.39. The Kier molecular flexibility index (Phi) is 4.69. The van der Waals surface area contributed by atoms with E-state index in [-0.39, 0.29) is 18.0 Å². The zero-order valence-electron chi connectivity index (χ0n) is 14.0. The van der Waals surface area contributed by atoms with Crippen molar-refractivity contribution in [3.8, 4) is 0 Å². The molecule has 1 aromatic carbocycles. The standard InChI is InChI=1S/C17H23N5O2/c1-11(2)22-15-9-13(7-6-12(15)10-19-22)20-17(24)21-14-5-3-4-8-18-16(14)23/h6-7,9-11,14H,3-5,8H2,1-2H3,(H,18,23)(H2,20,21,24)/t14-/m1/s1. The van der Waals surface area contributed by atoms with Crippen LogP contribution < -0.4 is 16.0 Å². The molecule has 7 nitrogen and oxygen atoms in total. The van der Waals surface area contributed by atoms with Gasteiger partial charge in [0.25, 0.3) is 0 Å². The van der Waals surface area contributed by atoms with Crippen LogP contribution in [-0.2, 0) is 4.79 Å². The highest BCUT2D eigenvalue weighted by atomic mass is 16.2. The minimum Gasteiger partial charge on any atom is -0.354 e. The lowest BCUT2D eigenvalue weighted by atomic mass is 10.1. The van der Waals surface area contributed by atoms with Gasteiger partial charge in [-0.25, -0.2) is 4.79 Å². The zero-order valence-corrected chi connectivity index (χ0v) is 14.0. The molecule has 3 rings (SSSR count). The molecule has 0 radical (unpaired) electrons. The third-order valence-electron chi connectivity index (χ3n) is 4.19. The van der Waals surface area contributed by atoms with Gasteiger partial charge in [0, 0.05) is 23.7 Å². The maximum Gasteiger partial charge on any atom is 0.319 e. The number of amides is 3. The van der Waals surface area contributed by atoms with Crippen molar-refractivity contribution in [1.29, 1.82) is 0 Å². The van der Waals surface area contributed by atoms with Crippen molar-refractivity contribution in [2.24, 2.45) is 0 Å². The van der Waals surface area contributed by atoms with Crippen LogP contribution in [-0.4, -0.2) is 34.3 Å². The van der Waals surface area contributed by atoms with Gasteiger partial charge in [-0.2, -0.15) is 5.10 Å². The molecule has 0 spiro atoms. The van der Waals surface area contributed by atoms with Gasteiger partial charge < -0.3 is 16.0 Å². The van der Waals surface area contributed by atoms with Crippen LogP contribution in [0.15, 0.2) is 24.4 Å². The number of aromatic nitrogens is 2. The van der Waals surface area contributed by atoms with Crippen LogP contribution in [0, 0.1) is 0 Å². The highest BCUT2D eigenvalue weighted by Gasteiger charge is 2.22. The van der Waals surface area contributed by atoms with Crippen LogP contribution in [0.4, 0.5) is 10.5 Å². The van der Waals surface area contributed by atoms with Crippen molar-refractivity contribution in [2.45, 2.75) is 45.2 Å². The number of anilines is 1. The summed E-state index contributed by atoms with van der Waals surface area (Å²) >= 11 is 0. The first-order valence-corrected chi connectivity index (χ1v) is 8.37. The van der Waals surface area contributed by atoms with Crippen LogP contribution in [0.2, 0.25) is 0 Å². The van der Waals surface area contributed by atoms with E-state index in [1.807, 2.05) is 29.1 Å². The normalized spacial score (nSPS) is 18.3. The minimum atomic E-state index is -0.475. The predicted octanol–water partition coefficient (Wildman–Crippen LogP) is 2.41. The summed E-state index contributed by atoms with van der Waals surface area (Å²) in [5.74, 6) is -0.115. The number of carbonyl (C=O) groups excluding carboxylic acids is 2. The van der Waals surface area contributed by atoms with Crippen LogP contribution in [0.25, 0.3) is 10.9 Å². The van der Waals surface area contributed by atoms with E-state index in [0.717, 1.165) is 23.7 Å². The molecule has 1 atom stereocenters. The van der Waals surface area contributed by atoms with Crippen molar-refractivity contribution >= 4 is 28.5 Å². The van der Waals surface area contributed by atoms with Crippen LogP contribution in [0.3, 0.4) is 0 Å². The Balaban J connectivity index is 1.70. The van der Waals surface area contributed by atoms with Crippen LogP contribution in [0.5, 0.6) is 0 Å². The second kappa shape index (κ2) is 6.90. The summed E-state index contributed by atoms with van der Waals surface area (Å²) in [5, 5.41) is 13.8. The van der Waals surface area contributed by atoms with Crippen molar-refractivity contribution in [1.82, 2.24) is 20.4 Å². The number of benzene rings is 1. The Hall–Kier alpha value is -2.57. The lowest BCUT2D eigenvalue weighted by Gasteiger charge is -2.16. The molecule has 1 aromatic heterocycles. The Labute approximate surface area is 140 Å². The number of carbonyl (C=O) groups is 2. The van der Waals surface area contributed by atoms with Gasteiger partial charge in [0.2, 0.25) is 5.91 Å². The van der Waals surface area contributed by atoms with Crippen molar-refractivity contribution < 1.29 is 9.59 Å². The first-order valence-electron chi connectivity index (χ1n) is 8.37. The third-order valence-corrected chi connectivity index (χ3v) is 4.19. The average Bonchev–Trinajstić information content (AvgIpc) is 2.86. The molecule has 128 valence electrons. The highest BCUT2D eigenvalue weighted by Crippen LogP contribution is 2.21. The van der Waals surface area contributed by atoms with E-state index < -0.39 is 6.04 Å². The zero-order chi connectivity index (χ0) is 17.1. The lowest BCUT2D eigenvalue weighted by Crippen LogP contribution is -2.47. The maximum atomic E-state index is 12.2. The predicted molar refractivity (Wildman–Crippen MR) is 92.9 cm³/mol. The van der Waals surface area contributed by atoms with E-state index in [9.17, 15) is 9.59 Å². The van der Waals surface area contributed by atoms with Gasteiger partial charge >= 0.3 is 6.03 Å². The lowest BCUT2D eigenvalue weighted by molar-refractivity contribution is -0.122. The van der Waals surface area contributed by atoms with E-state index >= 15 is 0 Å². The monoisotopic (exact) mass is 329 g/mol. The molecule has 3 N–H and O–H groups in total. The maximum absolute atomic E-state index is 12.2. The molecule has 1 aliphatic rings. The first-order chi connectivity index (χ1) is 11.5. The molecular weight excluding hydrogens is 306 g/mol. The highest BCUT2D eigenvalue weighted by molar-refractivity contribution is 5.95. The molecular formula is C17H23N5O2. The molecule has 2 aromatic rings. The van der Waals surface area contributed by atoms with Gasteiger partial charge in [-0.15, -0.1) is 0 Å². The van der Waals surface area contributed by atoms with E-state index in [2.05, 4.69) is 34.9 Å². The molecule has 24 heavy (non-hydrogen) atoms. The van der Waals surface area contributed by atoms with Crippen LogP contribution in [0.1, 0.15) is 39.2 Å². The molecule has 1 aliphatic heterocycles. The summed E-state index contributed by atoms with van der Waals surface area (Å²) in [6, 6.07) is 5.05. The minimum absolute atomic E-state index is 0.115. The molecule has 0 bridgehead atoms. The van der Waals surface area contributed by atoms with Gasteiger partial charge in [-0.3, -0.25) is 9.48 Å². The number of hydrogen-bond acceptors (Lipinski definition) is 3. The molecule has 0 unspecified atom stereocenters. The quantitative estimate of drug-likeness (QED) is 0.808. The summed E-state index contributed by atoms with van der Waals surface area (Å²) in [6.07, 6.45) is 4.35. The Morgan fingerprint density at radius 1 is 1.38 bits per heavy atom. The average molecular weight is 329 g/mol. The summed E-state index contributed by atoms with van der Waals surface area (Å²) in [4.78, 5) is 24.1. The Morgan fingerprint density at radius 2 is 2.21 bits per heavy atom. The van der Waals surface area contributed by atoms with Gasteiger partial charge in [0.05, 0.1) is 11.7 Å². The van der Waals surface area contributed by atoms with Gasteiger partial charge in [0.1, 0.15) is 6.04 Å². The van der Waals surface area contributed by atoms with Gasteiger partial charge in [0.15, 0.2) is 0 Å².